The number of aromatic amines is 1. The van der Waals surface area contributed by atoms with Crippen molar-refractivity contribution in [3.8, 4) is 5.75 Å². The Bertz CT molecular complexity index is 1220. The number of benzene rings is 1. The van der Waals surface area contributed by atoms with Gasteiger partial charge in [0.25, 0.3) is 5.56 Å². The molecule has 4 heterocycles. The van der Waals surface area contributed by atoms with Crippen LogP contribution in [0.1, 0.15) is 26.3 Å². The fraction of sp³-hybridized carbons (Fsp3) is 0.444. The van der Waals surface area contributed by atoms with Gasteiger partial charge in [-0.2, -0.15) is 5.16 Å². The van der Waals surface area contributed by atoms with Crippen LogP contribution in [0.3, 0.4) is 0 Å². The maximum atomic E-state index is 15.1. The van der Waals surface area contributed by atoms with Gasteiger partial charge < -0.3 is 19.9 Å². The zero-order valence-corrected chi connectivity index (χ0v) is 15.0. The monoisotopic (exact) mass is 374 g/mol. The Labute approximate surface area is 152 Å². The van der Waals surface area contributed by atoms with E-state index >= 15 is 4.39 Å². The van der Waals surface area contributed by atoms with Crippen molar-refractivity contribution in [2.75, 3.05) is 24.6 Å². The number of nitrogens with zero attached hydrogens (tertiary/aromatic N) is 2. The van der Waals surface area contributed by atoms with Gasteiger partial charge in [-0.3, -0.25) is 14.2 Å². The molecule has 2 aliphatic heterocycles. The third-order valence-corrected chi connectivity index (χ3v) is 5.53. The largest absolute Gasteiger partial charge is 0.487 e. The summed E-state index contributed by atoms with van der Waals surface area (Å²) in [7, 11) is 0. The van der Waals surface area contributed by atoms with E-state index in [4.69, 9.17) is 15.0 Å². The Morgan fingerprint density at radius 1 is 1.41 bits per heavy atom. The molecule has 2 unspecified atom stereocenters. The smallest absolute Gasteiger partial charge is 0.293 e. The van der Waals surface area contributed by atoms with Crippen molar-refractivity contribution in [3.63, 3.8) is 0 Å². The number of nitrogens with two attached hydrogens (primary N) is 1. The quantitative estimate of drug-likeness (QED) is 0.668. The van der Waals surface area contributed by atoms with Crippen LogP contribution in [0, 0.1) is 5.82 Å². The summed E-state index contributed by atoms with van der Waals surface area (Å²) in [6.45, 7) is 5.14. The summed E-state index contributed by atoms with van der Waals surface area (Å²) in [6, 6.07) is 0.991. The van der Waals surface area contributed by atoms with E-state index in [-0.39, 0.29) is 29.1 Å². The number of H-pyrrole nitrogens is 1. The molecule has 8 nitrogen and oxygen atoms in total. The van der Waals surface area contributed by atoms with E-state index < -0.39 is 22.3 Å². The van der Waals surface area contributed by atoms with Gasteiger partial charge in [0.15, 0.2) is 17.0 Å². The minimum absolute atomic E-state index is 0.104. The third-order valence-electron chi connectivity index (χ3n) is 5.53. The molecule has 0 amide bonds. The van der Waals surface area contributed by atoms with E-state index in [1.807, 2.05) is 18.7 Å². The van der Waals surface area contributed by atoms with Gasteiger partial charge in [-0.15, -0.1) is 0 Å². The van der Waals surface area contributed by atoms with Gasteiger partial charge >= 0.3 is 0 Å². The van der Waals surface area contributed by atoms with E-state index in [2.05, 4.69) is 5.16 Å². The molecule has 0 aliphatic carbocycles. The number of anilines is 1. The highest BCUT2D eigenvalue weighted by Crippen LogP contribution is 2.44. The number of rotatable bonds is 1. The Hall–Kier alpha value is -2.81. The lowest BCUT2D eigenvalue weighted by Crippen LogP contribution is -2.39. The summed E-state index contributed by atoms with van der Waals surface area (Å²) in [5.41, 5.74) is 5.49. The lowest BCUT2D eigenvalue weighted by molar-refractivity contribution is 0.244. The average Bonchev–Trinajstić information content (AvgIpc) is 3.16. The van der Waals surface area contributed by atoms with Gasteiger partial charge in [0, 0.05) is 18.6 Å². The van der Waals surface area contributed by atoms with Crippen molar-refractivity contribution in [2.24, 2.45) is 5.73 Å². The molecule has 3 aromatic rings. The van der Waals surface area contributed by atoms with Crippen molar-refractivity contribution in [2.45, 2.75) is 31.8 Å². The van der Waals surface area contributed by atoms with E-state index in [1.54, 1.807) is 4.57 Å². The molecule has 0 bridgehead atoms. The number of pyridine rings is 1. The van der Waals surface area contributed by atoms with Crippen LogP contribution in [-0.2, 0) is 0 Å². The zero-order valence-electron chi connectivity index (χ0n) is 15.0. The maximum absolute atomic E-state index is 15.1. The number of hydrogen-bond acceptors (Lipinski definition) is 6. The van der Waals surface area contributed by atoms with Crippen molar-refractivity contribution < 1.29 is 13.7 Å². The molecule has 2 aromatic heterocycles. The molecule has 0 radical (unpaired) electrons. The molecule has 3 N–H and O–H groups in total. The van der Waals surface area contributed by atoms with Gasteiger partial charge in [-0.05, 0) is 26.3 Å². The second-order valence-electron chi connectivity index (χ2n) is 7.83. The van der Waals surface area contributed by atoms with Crippen LogP contribution < -0.4 is 26.4 Å². The lowest BCUT2D eigenvalue weighted by Gasteiger charge is -2.31. The molecule has 2 atom stereocenters. The highest BCUT2D eigenvalue weighted by molar-refractivity contribution is 5.98. The molecule has 2 aliphatic rings. The topological polar surface area (TPSA) is 106 Å². The SMILES string of the molecule is CC1COc2c(N3CCC(C)(N)C3)c(F)cc3c(=O)c4c(=O)[nH]oc4n1c23. The van der Waals surface area contributed by atoms with Crippen molar-refractivity contribution in [1.29, 1.82) is 0 Å². The third kappa shape index (κ3) is 2.11. The van der Waals surface area contributed by atoms with Crippen LogP contribution in [-0.4, -0.2) is 35.0 Å². The van der Waals surface area contributed by atoms with Crippen LogP contribution in [0.2, 0.25) is 0 Å². The molecule has 0 spiro atoms. The standard InChI is InChI=1S/C18H19FN4O4/c1-8-6-26-15-12-9(14(24)11-16(25)21-27-17(11)23(8)12)5-10(19)13(15)22-4-3-18(2,20)7-22/h5,8H,3-4,6-7,20H2,1-2H3,(H,21,25). The molecule has 5 rings (SSSR count). The number of fused-ring (bicyclic) bond motifs is 2. The summed E-state index contributed by atoms with van der Waals surface area (Å²) in [5.74, 6) is -0.267. The molecular formula is C18H19FN4O4. The molecule has 1 saturated heterocycles. The Balaban J connectivity index is 1.92. The van der Waals surface area contributed by atoms with Gasteiger partial charge in [0.1, 0.15) is 17.8 Å². The number of hydrogen-bond donors (Lipinski definition) is 2. The van der Waals surface area contributed by atoms with Crippen molar-refractivity contribution in [3.05, 3.63) is 32.5 Å². The van der Waals surface area contributed by atoms with Gasteiger partial charge in [-0.1, -0.05) is 0 Å². The Morgan fingerprint density at radius 2 is 2.19 bits per heavy atom. The van der Waals surface area contributed by atoms with Crippen molar-refractivity contribution in [1.82, 2.24) is 9.72 Å². The second kappa shape index (κ2) is 5.13. The summed E-state index contributed by atoms with van der Waals surface area (Å²) < 4.78 is 28.0. The summed E-state index contributed by atoms with van der Waals surface area (Å²) in [4.78, 5) is 26.8. The summed E-state index contributed by atoms with van der Waals surface area (Å²) in [6.07, 6.45) is 0.721. The highest BCUT2D eigenvalue weighted by atomic mass is 19.1. The van der Waals surface area contributed by atoms with Crippen LogP contribution in [0.15, 0.2) is 20.2 Å². The van der Waals surface area contributed by atoms with E-state index in [9.17, 15) is 9.59 Å². The zero-order chi connectivity index (χ0) is 19.1. The van der Waals surface area contributed by atoms with E-state index in [0.29, 0.717) is 30.0 Å². The minimum Gasteiger partial charge on any atom is -0.487 e. The predicted octanol–water partition coefficient (Wildman–Crippen LogP) is 1.46. The van der Waals surface area contributed by atoms with Gasteiger partial charge in [-0.25, -0.2) is 4.39 Å². The molecule has 9 heteroatoms. The predicted molar refractivity (Wildman–Crippen MR) is 98.2 cm³/mol. The average molecular weight is 374 g/mol. The number of halogens is 1. The second-order valence-corrected chi connectivity index (χ2v) is 7.83. The van der Waals surface area contributed by atoms with Crippen LogP contribution in [0.4, 0.5) is 10.1 Å². The molecule has 1 aromatic carbocycles. The Kier molecular flexibility index (Phi) is 3.11. The van der Waals surface area contributed by atoms with E-state index in [0.717, 1.165) is 6.42 Å². The molecule has 0 saturated carbocycles. The fourth-order valence-electron chi connectivity index (χ4n) is 4.22. The van der Waals surface area contributed by atoms with Gasteiger partial charge in [0.05, 0.1) is 11.4 Å². The van der Waals surface area contributed by atoms with Crippen LogP contribution in [0.25, 0.3) is 22.0 Å². The first-order valence-electron chi connectivity index (χ1n) is 8.87. The minimum atomic E-state index is -0.621. The first-order chi connectivity index (χ1) is 12.8. The Morgan fingerprint density at radius 3 is 2.89 bits per heavy atom. The van der Waals surface area contributed by atoms with Crippen molar-refractivity contribution >= 4 is 27.7 Å². The normalized spacial score (nSPS) is 24.7. The highest BCUT2D eigenvalue weighted by Gasteiger charge is 2.36. The first-order valence-corrected chi connectivity index (χ1v) is 8.87. The first kappa shape index (κ1) is 16.4. The van der Waals surface area contributed by atoms with Crippen LogP contribution >= 0.6 is 0 Å². The number of ether oxygens (including phenoxy) is 1. The number of aromatic nitrogens is 2. The maximum Gasteiger partial charge on any atom is 0.293 e. The van der Waals surface area contributed by atoms with Gasteiger partial charge in [0.2, 0.25) is 11.1 Å². The van der Waals surface area contributed by atoms with E-state index in [1.165, 1.54) is 6.07 Å². The number of nitrogens with one attached hydrogen (secondary N) is 1. The summed E-state index contributed by atoms with van der Waals surface area (Å²) in [5, 5.41) is 2.21. The molecule has 1 fully saturated rings. The molecule has 142 valence electrons. The molecular weight excluding hydrogens is 355 g/mol. The fourth-order valence-corrected chi connectivity index (χ4v) is 4.22. The van der Waals surface area contributed by atoms with Crippen LogP contribution in [0.5, 0.6) is 5.75 Å². The molecule has 27 heavy (non-hydrogen) atoms. The lowest BCUT2D eigenvalue weighted by atomic mass is 10.0. The summed E-state index contributed by atoms with van der Waals surface area (Å²) >= 11 is 0.